The molecule has 0 bridgehead atoms. The van der Waals surface area contributed by atoms with Crippen molar-refractivity contribution < 1.29 is 12.3 Å². The van der Waals surface area contributed by atoms with Crippen molar-refractivity contribution in [3.8, 4) is 56.7 Å². The fourth-order valence-electron chi connectivity index (χ4n) is 7.70. The number of fused-ring (bicyclic) bond motifs is 7. The van der Waals surface area contributed by atoms with Crippen molar-refractivity contribution >= 4 is 43.6 Å². The third kappa shape index (κ3) is 5.21. The van der Waals surface area contributed by atoms with E-state index in [0.29, 0.717) is 28.6 Å². The summed E-state index contributed by atoms with van der Waals surface area (Å²) >= 11 is 0. The molecular weight excluding hydrogens is 683 g/mol. The van der Waals surface area contributed by atoms with Crippen LogP contribution in [-0.4, -0.2) is 24.1 Å². The minimum atomic E-state index is -0.625. The van der Waals surface area contributed by atoms with Crippen molar-refractivity contribution in [1.82, 2.24) is 24.1 Å². The van der Waals surface area contributed by atoms with E-state index in [0.717, 1.165) is 54.8 Å². The van der Waals surface area contributed by atoms with Crippen LogP contribution in [0.2, 0.25) is 0 Å². The number of rotatable bonds is 6. The fourth-order valence-corrected chi connectivity index (χ4v) is 7.70. The van der Waals surface area contributed by atoms with Gasteiger partial charge in [0.05, 0.1) is 34.4 Å². The fraction of sp³-hybridized carbons (Fsp3) is 0. The number of para-hydroxylation sites is 2. The van der Waals surface area contributed by atoms with Crippen LogP contribution in [0, 0.1) is 0 Å². The maximum absolute atomic E-state index is 9.63. The van der Waals surface area contributed by atoms with E-state index in [1.54, 1.807) is 4.57 Å². The first-order valence-electron chi connectivity index (χ1n) is 22.6. The summed E-state index contributed by atoms with van der Waals surface area (Å²) in [6, 6.07) is 42.4. The van der Waals surface area contributed by atoms with Crippen molar-refractivity contribution in [2.45, 2.75) is 0 Å². The second-order valence-corrected chi connectivity index (χ2v) is 13.4. The molecule has 3 aromatic heterocycles. The van der Waals surface area contributed by atoms with Gasteiger partial charge in [-0.05, 0) is 64.7 Å². The Hall–Kier alpha value is -7.63. The Labute approximate surface area is 336 Å². The lowest BCUT2D eigenvalue weighted by molar-refractivity contribution is 0.953. The Morgan fingerprint density at radius 1 is 0.375 bits per heavy atom. The van der Waals surface area contributed by atoms with E-state index < -0.39 is 54.4 Å². The molecule has 0 amide bonds. The Kier molecular flexibility index (Phi) is 5.57. The molecular formula is C51H33N5. The average molecular weight is 725 g/mol. The van der Waals surface area contributed by atoms with Crippen LogP contribution in [0.3, 0.4) is 0 Å². The molecule has 0 unspecified atom stereocenters. The lowest BCUT2D eigenvalue weighted by atomic mass is 10.0. The summed E-state index contributed by atoms with van der Waals surface area (Å²) in [5.74, 6) is 1.37. The molecule has 56 heavy (non-hydrogen) atoms. The van der Waals surface area contributed by atoms with Gasteiger partial charge >= 0.3 is 0 Å². The molecule has 0 spiro atoms. The Bertz CT molecular complexity index is 3750. The summed E-state index contributed by atoms with van der Waals surface area (Å²) in [5.41, 5.74) is 5.74. The van der Waals surface area contributed by atoms with Crippen LogP contribution in [0.5, 0.6) is 0 Å². The van der Waals surface area contributed by atoms with Crippen LogP contribution in [-0.2, 0) is 0 Å². The van der Waals surface area contributed by atoms with Gasteiger partial charge in [-0.2, -0.15) is 9.97 Å². The van der Waals surface area contributed by atoms with Crippen molar-refractivity contribution in [2.75, 3.05) is 0 Å². The number of hydrogen-bond acceptors (Lipinski definition) is 3. The van der Waals surface area contributed by atoms with Gasteiger partial charge in [0.15, 0.2) is 11.6 Å². The molecule has 0 saturated heterocycles. The monoisotopic (exact) mass is 724 g/mol. The number of nitrogens with zero attached hydrogens (tertiary/aromatic N) is 5. The SMILES string of the molecule is [2H]c1c([2H])c([2H])c(-c2c([2H])c([2H])c([2H])c(-n3c4ccccc4c4c5c6ccccc6n(-c6nc(-c7ccccc7)nc(-c7cccc(-c8ccccc8)c7)n6)c5ccc43)c2[2H])c([2H])c1[2H]. The third-order valence-electron chi connectivity index (χ3n) is 10.1. The molecule has 5 nitrogen and oxygen atoms in total. The van der Waals surface area contributed by atoms with Crippen molar-refractivity contribution in [3.05, 3.63) is 200 Å². The van der Waals surface area contributed by atoms with Gasteiger partial charge in [-0.15, -0.1) is 0 Å². The first kappa shape index (κ1) is 23.9. The number of hydrogen-bond donors (Lipinski definition) is 0. The molecule has 0 fully saturated rings. The van der Waals surface area contributed by atoms with Gasteiger partial charge in [0, 0.05) is 38.4 Å². The lowest BCUT2D eigenvalue weighted by Gasteiger charge is -2.12. The first-order valence-corrected chi connectivity index (χ1v) is 18.1. The predicted octanol–water partition coefficient (Wildman–Crippen LogP) is 12.7. The molecule has 11 aromatic rings. The van der Waals surface area contributed by atoms with Crippen LogP contribution in [0.4, 0.5) is 0 Å². The van der Waals surface area contributed by atoms with Gasteiger partial charge in [0.1, 0.15) is 0 Å². The van der Waals surface area contributed by atoms with Gasteiger partial charge in [0.25, 0.3) is 0 Å². The summed E-state index contributed by atoms with van der Waals surface area (Å²) in [6.45, 7) is 0. The van der Waals surface area contributed by atoms with E-state index in [9.17, 15) is 2.74 Å². The van der Waals surface area contributed by atoms with E-state index in [-0.39, 0.29) is 16.8 Å². The van der Waals surface area contributed by atoms with Crippen LogP contribution < -0.4 is 0 Å². The summed E-state index contributed by atoms with van der Waals surface area (Å²) in [6.07, 6.45) is 0. The van der Waals surface area contributed by atoms with Crippen LogP contribution in [0.1, 0.15) is 12.3 Å². The van der Waals surface area contributed by atoms with Crippen LogP contribution in [0.15, 0.2) is 200 Å². The van der Waals surface area contributed by atoms with Gasteiger partial charge in [-0.3, -0.25) is 4.57 Å². The topological polar surface area (TPSA) is 48.5 Å². The molecule has 0 atom stereocenters. The standard InChI is InChI=1S/C51H33N5/c1-4-16-34(17-5-1)37-22-14-24-39(32-37)50-52-49(36-20-8-3-9-21-36)53-51(54-50)56-44-29-13-11-27-42(44)48-46(56)31-30-45-47(48)41-26-10-12-28-43(41)55(45)40-25-15-23-38(33-40)35-18-6-2-7-19-35/h1-33H/i2D,6D,7D,15D,18D,19D,23D,25D,33D. The second-order valence-electron chi connectivity index (χ2n) is 13.4. The first-order chi connectivity index (χ1) is 31.5. The molecule has 5 heteroatoms. The molecule has 0 saturated carbocycles. The minimum absolute atomic E-state index is 0.0607. The van der Waals surface area contributed by atoms with Gasteiger partial charge in [-0.1, -0.05) is 158 Å². The zero-order valence-electron chi connectivity index (χ0n) is 38.6. The highest BCUT2D eigenvalue weighted by molar-refractivity contribution is 6.28. The van der Waals surface area contributed by atoms with Crippen molar-refractivity contribution in [1.29, 1.82) is 0 Å². The highest BCUT2D eigenvalue weighted by Crippen LogP contribution is 2.42. The average Bonchev–Trinajstić information content (AvgIpc) is 3.86. The smallest absolute Gasteiger partial charge is 0.238 e. The zero-order valence-corrected chi connectivity index (χ0v) is 29.6. The van der Waals surface area contributed by atoms with Crippen molar-refractivity contribution in [2.24, 2.45) is 0 Å². The molecule has 262 valence electrons. The quantitative estimate of drug-likeness (QED) is 0.172. The molecule has 0 N–H and O–H groups in total. The highest BCUT2D eigenvalue weighted by Gasteiger charge is 2.22. The third-order valence-corrected chi connectivity index (χ3v) is 10.1. The Morgan fingerprint density at radius 3 is 1.64 bits per heavy atom. The summed E-state index contributed by atoms with van der Waals surface area (Å²) in [7, 11) is 0. The maximum atomic E-state index is 9.63. The Morgan fingerprint density at radius 2 is 0.929 bits per heavy atom. The Balaban J connectivity index is 1.21. The van der Waals surface area contributed by atoms with E-state index in [1.165, 1.54) is 0 Å². The van der Waals surface area contributed by atoms with E-state index in [2.05, 4.69) is 24.3 Å². The minimum Gasteiger partial charge on any atom is -0.309 e. The number of aromatic nitrogens is 5. The molecule has 11 rings (SSSR count). The van der Waals surface area contributed by atoms with Crippen LogP contribution >= 0.6 is 0 Å². The van der Waals surface area contributed by atoms with Gasteiger partial charge in [-0.25, -0.2) is 4.98 Å². The summed E-state index contributed by atoms with van der Waals surface area (Å²) in [5, 5.41) is 3.28. The normalized spacial score (nSPS) is 13.8. The van der Waals surface area contributed by atoms with Crippen molar-refractivity contribution in [3.63, 3.8) is 0 Å². The molecule has 0 aliphatic rings. The summed E-state index contributed by atoms with van der Waals surface area (Å²) in [4.78, 5) is 15.4. The lowest BCUT2D eigenvalue weighted by Crippen LogP contribution is -2.06. The van der Waals surface area contributed by atoms with E-state index >= 15 is 0 Å². The molecule has 0 aliphatic heterocycles. The zero-order chi connectivity index (χ0) is 44.8. The van der Waals surface area contributed by atoms with Gasteiger partial charge in [0.2, 0.25) is 5.95 Å². The molecule has 3 heterocycles. The van der Waals surface area contributed by atoms with Gasteiger partial charge < -0.3 is 4.57 Å². The number of benzene rings is 8. The van der Waals surface area contributed by atoms with E-state index in [1.807, 2.05) is 126 Å². The largest absolute Gasteiger partial charge is 0.309 e. The molecule has 0 radical (unpaired) electrons. The molecule has 0 aliphatic carbocycles. The summed E-state index contributed by atoms with van der Waals surface area (Å²) < 4.78 is 82.9. The van der Waals surface area contributed by atoms with E-state index in [4.69, 9.17) is 24.5 Å². The predicted molar refractivity (Wildman–Crippen MR) is 230 cm³/mol. The molecule has 8 aromatic carbocycles. The second kappa shape index (κ2) is 13.0. The van der Waals surface area contributed by atoms with Crippen LogP contribution in [0.25, 0.3) is 100 Å². The highest BCUT2D eigenvalue weighted by atomic mass is 15.2. The maximum Gasteiger partial charge on any atom is 0.238 e.